The molecule has 0 N–H and O–H groups in total. The van der Waals surface area contributed by atoms with Crippen molar-refractivity contribution in [1.82, 2.24) is 9.80 Å². The van der Waals surface area contributed by atoms with Gasteiger partial charge in [0.1, 0.15) is 5.75 Å². The van der Waals surface area contributed by atoms with Gasteiger partial charge >= 0.3 is 0 Å². The number of nitrogens with zero attached hydrogens (tertiary/aromatic N) is 2. The van der Waals surface area contributed by atoms with Crippen molar-refractivity contribution >= 4 is 5.91 Å². The minimum absolute atomic E-state index is 0.0574. The molecule has 1 aromatic carbocycles. The average molecular weight is 320 g/mol. The Hall–Kier alpha value is -1.59. The van der Waals surface area contributed by atoms with Crippen LogP contribution in [0.15, 0.2) is 24.3 Å². The van der Waals surface area contributed by atoms with Gasteiger partial charge in [0.05, 0.1) is 0 Å². The number of hydrogen-bond donors (Lipinski definition) is 0. The Kier molecular flexibility index (Phi) is 6.86. The van der Waals surface area contributed by atoms with E-state index in [0.717, 1.165) is 50.5 Å². The molecule has 128 valence electrons. The second-order valence-electron chi connectivity index (χ2n) is 6.29. The van der Waals surface area contributed by atoms with Gasteiger partial charge in [-0.05, 0) is 45.5 Å². The fourth-order valence-electron chi connectivity index (χ4n) is 2.76. The SMILES string of the molecule is Cc1ccccc1OCC(=O)N(CCN(C)C)C1CCOCC1. The lowest BCUT2D eigenvalue weighted by atomic mass is 10.1. The van der Waals surface area contributed by atoms with Crippen molar-refractivity contribution in [3.63, 3.8) is 0 Å². The number of likely N-dealkylation sites (N-methyl/N-ethyl adjacent to an activating group) is 1. The highest BCUT2D eigenvalue weighted by atomic mass is 16.5. The molecule has 1 fully saturated rings. The molecular weight excluding hydrogens is 292 g/mol. The van der Waals surface area contributed by atoms with E-state index in [-0.39, 0.29) is 18.6 Å². The molecular formula is C18H28N2O3. The number of carbonyl (C=O) groups is 1. The summed E-state index contributed by atoms with van der Waals surface area (Å²) in [5.41, 5.74) is 1.05. The van der Waals surface area contributed by atoms with Crippen LogP contribution in [0, 0.1) is 6.92 Å². The molecule has 23 heavy (non-hydrogen) atoms. The number of hydrogen-bond acceptors (Lipinski definition) is 4. The van der Waals surface area contributed by atoms with Crippen molar-refractivity contribution in [1.29, 1.82) is 0 Å². The molecule has 1 aromatic rings. The van der Waals surface area contributed by atoms with Crippen LogP contribution in [0.1, 0.15) is 18.4 Å². The summed E-state index contributed by atoms with van der Waals surface area (Å²) in [4.78, 5) is 16.8. The molecule has 1 heterocycles. The third-order valence-corrected chi connectivity index (χ3v) is 4.18. The van der Waals surface area contributed by atoms with Gasteiger partial charge in [0.15, 0.2) is 6.61 Å². The summed E-state index contributed by atoms with van der Waals surface area (Å²) in [7, 11) is 4.05. The Balaban J connectivity index is 1.96. The Bertz CT molecular complexity index is 499. The van der Waals surface area contributed by atoms with E-state index in [0.29, 0.717) is 0 Å². The first-order chi connectivity index (χ1) is 11.1. The van der Waals surface area contributed by atoms with Crippen LogP contribution in [-0.4, -0.2) is 68.8 Å². The number of ether oxygens (including phenoxy) is 2. The maximum absolute atomic E-state index is 12.7. The van der Waals surface area contributed by atoms with Gasteiger partial charge in [-0.1, -0.05) is 18.2 Å². The average Bonchev–Trinajstić information content (AvgIpc) is 2.55. The highest BCUT2D eigenvalue weighted by Crippen LogP contribution is 2.18. The first-order valence-corrected chi connectivity index (χ1v) is 8.28. The third-order valence-electron chi connectivity index (χ3n) is 4.18. The van der Waals surface area contributed by atoms with Crippen LogP contribution in [0.4, 0.5) is 0 Å². The molecule has 0 saturated carbocycles. The van der Waals surface area contributed by atoms with Gasteiger partial charge in [-0.3, -0.25) is 4.79 Å². The van der Waals surface area contributed by atoms with Crippen LogP contribution in [0.25, 0.3) is 0 Å². The number of benzene rings is 1. The molecule has 0 radical (unpaired) electrons. The Morgan fingerprint density at radius 3 is 2.57 bits per heavy atom. The Labute approximate surface area is 139 Å². The smallest absolute Gasteiger partial charge is 0.260 e. The lowest BCUT2D eigenvalue weighted by Crippen LogP contribution is -2.48. The van der Waals surface area contributed by atoms with Gasteiger partial charge in [0.25, 0.3) is 5.91 Å². The first-order valence-electron chi connectivity index (χ1n) is 8.28. The highest BCUT2D eigenvalue weighted by Gasteiger charge is 2.26. The van der Waals surface area contributed by atoms with Gasteiger partial charge in [-0.2, -0.15) is 0 Å². The van der Waals surface area contributed by atoms with E-state index in [1.807, 2.05) is 50.2 Å². The summed E-state index contributed by atoms with van der Waals surface area (Å²) in [5, 5.41) is 0. The predicted molar refractivity (Wildman–Crippen MR) is 90.8 cm³/mol. The quantitative estimate of drug-likeness (QED) is 0.770. The predicted octanol–water partition coefficient (Wildman–Crippen LogP) is 1.94. The van der Waals surface area contributed by atoms with Crippen LogP contribution in [0.2, 0.25) is 0 Å². The van der Waals surface area contributed by atoms with Crippen molar-refractivity contribution < 1.29 is 14.3 Å². The van der Waals surface area contributed by atoms with Crippen LogP contribution < -0.4 is 4.74 Å². The summed E-state index contributed by atoms with van der Waals surface area (Å²) in [6, 6.07) is 8.05. The van der Waals surface area contributed by atoms with E-state index in [1.165, 1.54) is 0 Å². The van der Waals surface area contributed by atoms with Gasteiger partial charge in [-0.25, -0.2) is 0 Å². The Morgan fingerprint density at radius 1 is 1.22 bits per heavy atom. The number of para-hydroxylation sites is 1. The molecule has 0 aromatic heterocycles. The molecule has 1 amide bonds. The molecule has 1 saturated heterocycles. The minimum Gasteiger partial charge on any atom is -0.484 e. The molecule has 0 aliphatic carbocycles. The Morgan fingerprint density at radius 2 is 1.91 bits per heavy atom. The lowest BCUT2D eigenvalue weighted by molar-refractivity contribution is -0.137. The zero-order valence-electron chi connectivity index (χ0n) is 14.5. The molecule has 0 bridgehead atoms. The molecule has 1 aliphatic rings. The van der Waals surface area contributed by atoms with E-state index in [4.69, 9.17) is 9.47 Å². The van der Waals surface area contributed by atoms with Crippen molar-refractivity contribution in [3.05, 3.63) is 29.8 Å². The fraction of sp³-hybridized carbons (Fsp3) is 0.611. The minimum atomic E-state index is 0.0574. The fourth-order valence-corrected chi connectivity index (χ4v) is 2.76. The molecule has 5 nitrogen and oxygen atoms in total. The maximum atomic E-state index is 12.7. The normalized spacial score (nSPS) is 15.7. The van der Waals surface area contributed by atoms with Gasteiger partial charge in [0, 0.05) is 32.3 Å². The summed E-state index contributed by atoms with van der Waals surface area (Å²) in [6.07, 6.45) is 1.81. The second-order valence-corrected chi connectivity index (χ2v) is 6.29. The zero-order chi connectivity index (χ0) is 16.7. The summed E-state index contributed by atoms with van der Waals surface area (Å²) in [6.45, 7) is 5.13. The maximum Gasteiger partial charge on any atom is 0.260 e. The standard InChI is InChI=1S/C18H28N2O3/c1-15-6-4-5-7-17(15)23-14-18(21)20(11-10-19(2)3)16-8-12-22-13-9-16/h4-7,16H,8-14H2,1-3H3. The van der Waals surface area contributed by atoms with Gasteiger partial charge in [0.2, 0.25) is 0 Å². The first kappa shape index (κ1) is 17.8. The van der Waals surface area contributed by atoms with Crippen molar-refractivity contribution in [3.8, 4) is 5.75 Å². The summed E-state index contributed by atoms with van der Waals surface area (Å²) in [5.74, 6) is 0.836. The van der Waals surface area contributed by atoms with Crippen molar-refractivity contribution in [2.75, 3.05) is 47.0 Å². The van der Waals surface area contributed by atoms with Crippen molar-refractivity contribution in [2.24, 2.45) is 0 Å². The topological polar surface area (TPSA) is 42.0 Å². The molecule has 0 atom stereocenters. The molecule has 5 heteroatoms. The second kappa shape index (κ2) is 8.89. The number of aryl methyl sites for hydroxylation is 1. The van der Waals surface area contributed by atoms with E-state index >= 15 is 0 Å². The third kappa shape index (κ3) is 5.52. The van der Waals surface area contributed by atoms with Crippen LogP contribution in [0.5, 0.6) is 5.75 Å². The number of carbonyl (C=O) groups excluding carboxylic acids is 1. The largest absolute Gasteiger partial charge is 0.484 e. The van der Waals surface area contributed by atoms with Crippen molar-refractivity contribution in [2.45, 2.75) is 25.8 Å². The van der Waals surface area contributed by atoms with E-state index < -0.39 is 0 Å². The van der Waals surface area contributed by atoms with Crippen LogP contribution in [-0.2, 0) is 9.53 Å². The number of amides is 1. The lowest BCUT2D eigenvalue weighted by Gasteiger charge is -2.35. The van der Waals surface area contributed by atoms with Crippen LogP contribution >= 0.6 is 0 Å². The van der Waals surface area contributed by atoms with Crippen LogP contribution in [0.3, 0.4) is 0 Å². The van der Waals surface area contributed by atoms with E-state index in [2.05, 4.69) is 4.90 Å². The van der Waals surface area contributed by atoms with E-state index in [1.54, 1.807) is 0 Å². The zero-order valence-corrected chi connectivity index (χ0v) is 14.5. The highest BCUT2D eigenvalue weighted by molar-refractivity contribution is 5.78. The molecule has 1 aliphatic heterocycles. The molecule has 0 unspecified atom stereocenters. The monoisotopic (exact) mass is 320 g/mol. The van der Waals surface area contributed by atoms with E-state index in [9.17, 15) is 4.79 Å². The van der Waals surface area contributed by atoms with Gasteiger partial charge in [-0.15, -0.1) is 0 Å². The van der Waals surface area contributed by atoms with Gasteiger partial charge < -0.3 is 19.3 Å². The summed E-state index contributed by atoms with van der Waals surface area (Å²) < 4.78 is 11.2. The molecule has 2 rings (SSSR count). The number of rotatable bonds is 7. The molecule has 0 spiro atoms. The summed E-state index contributed by atoms with van der Waals surface area (Å²) >= 11 is 0.